The van der Waals surface area contributed by atoms with E-state index in [1.54, 1.807) is 12.1 Å². The maximum Gasteiger partial charge on any atom is 0.335 e. The molecule has 0 atom stereocenters. The van der Waals surface area contributed by atoms with E-state index in [1.807, 2.05) is 30.5 Å². The highest BCUT2D eigenvalue weighted by atomic mass is 16.5. The fourth-order valence-corrected chi connectivity index (χ4v) is 3.59. The van der Waals surface area contributed by atoms with Gasteiger partial charge in [-0.3, -0.25) is 4.98 Å². The van der Waals surface area contributed by atoms with E-state index >= 15 is 0 Å². The first-order valence-electron chi connectivity index (χ1n) is 10.1. The molecule has 0 fully saturated rings. The van der Waals surface area contributed by atoms with Gasteiger partial charge in [0.05, 0.1) is 29.3 Å². The molecule has 3 aromatic rings. The summed E-state index contributed by atoms with van der Waals surface area (Å²) in [7, 11) is 0. The highest BCUT2D eigenvalue weighted by Crippen LogP contribution is 2.34. The summed E-state index contributed by atoms with van der Waals surface area (Å²) in [4.78, 5) is 20.9. The van der Waals surface area contributed by atoms with Crippen LogP contribution >= 0.6 is 0 Å². The number of benzene rings is 2. The van der Waals surface area contributed by atoms with Crippen molar-refractivity contribution in [2.75, 3.05) is 6.61 Å². The minimum atomic E-state index is -0.936. The van der Waals surface area contributed by atoms with Crippen LogP contribution in [0.4, 0.5) is 0 Å². The molecule has 1 aliphatic rings. The van der Waals surface area contributed by atoms with Crippen LogP contribution in [-0.2, 0) is 12.8 Å². The number of fused-ring (bicyclic) bond motifs is 1. The fraction of sp³-hybridized carbons (Fsp3) is 0.292. The molecule has 0 amide bonds. The van der Waals surface area contributed by atoms with Gasteiger partial charge in [-0.25, -0.2) is 9.78 Å². The van der Waals surface area contributed by atoms with Gasteiger partial charge in [0.15, 0.2) is 0 Å². The first-order chi connectivity index (χ1) is 14.2. The third-order valence-corrected chi connectivity index (χ3v) is 5.20. The quantitative estimate of drug-likeness (QED) is 0.630. The van der Waals surface area contributed by atoms with Crippen LogP contribution in [0, 0.1) is 0 Å². The van der Waals surface area contributed by atoms with Gasteiger partial charge in [0.2, 0.25) is 0 Å². The Labute approximate surface area is 170 Å². The van der Waals surface area contributed by atoms with E-state index in [4.69, 9.17) is 14.7 Å². The molecule has 1 aliphatic heterocycles. The number of nitrogens with zero attached hydrogens (tertiary/aromatic N) is 2. The van der Waals surface area contributed by atoms with Gasteiger partial charge in [-0.05, 0) is 61.6 Å². The number of carboxylic acid groups (broad SMARTS) is 1. The maximum atomic E-state index is 11.2. The van der Waals surface area contributed by atoms with E-state index in [-0.39, 0.29) is 5.56 Å². The second-order valence-electron chi connectivity index (χ2n) is 7.32. The number of hydrogen-bond donors (Lipinski definition) is 1. The summed E-state index contributed by atoms with van der Waals surface area (Å²) in [6, 6.07) is 13.0. The van der Waals surface area contributed by atoms with Crippen molar-refractivity contribution in [3.05, 3.63) is 65.5 Å². The number of ether oxygens (including phenoxy) is 1. The van der Waals surface area contributed by atoms with E-state index in [1.165, 1.54) is 5.56 Å². The lowest BCUT2D eigenvalue weighted by Gasteiger charge is -2.18. The van der Waals surface area contributed by atoms with E-state index in [0.29, 0.717) is 0 Å². The molecule has 5 nitrogen and oxygen atoms in total. The van der Waals surface area contributed by atoms with Crippen molar-refractivity contribution in [1.29, 1.82) is 0 Å². The second-order valence-corrected chi connectivity index (χ2v) is 7.32. The highest BCUT2D eigenvalue weighted by molar-refractivity contribution is 5.89. The van der Waals surface area contributed by atoms with Crippen LogP contribution in [0.3, 0.4) is 0 Å². The molecule has 0 unspecified atom stereocenters. The number of aromatic carboxylic acids is 1. The molecule has 1 N–H and O–H groups in total. The predicted octanol–water partition coefficient (Wildman–Crippen LogP) is 5.18. The van der Waals surface area contributed by atoms with Crippen LogP contribution in [-0.4, -0.2) is 27.7 Å². The molecule has 29 heavy (non-hydrogen) atoms. The van der Waals surface area contributed by atoms with Crippen LogP contribution < -0.4 is 4.74 Å². The summed E-state index contributed by atoms with van der Waals surface area (Å²) >= 11 is 0. The summed E-state index contributed by atoms with van der Waals surface area (Å²) in [5.41, 5.74) is 5.86. The number of hydrogen-bond acceptors (Lipinski definition) is 4. The predicted molar refractivity (Wildman–Crippen MR) is 112 cm³/mol. The smallest absolute Gasteiger partial charge is 0.335 e. The van der Waals surface area contributed by atoms with E-state index in [9.17, 15) is 9.90 Å². The lowest BCUT2D eigenvalue weighted by Crippen LogP contribution is -2.08. The minimum absolute atomic E-state index is 0.260. The average Bonchev–Trinajstić information content (AvgIpc) is 2.77. The Morgan fingerprint density at radius 3 is 2.66 bits per heavy atom. The summed E-state index contributed by atoms with van der Waals surface area (Å²) in [5, 5.41) is 9.19. The summed E-state index contributed by atoms with van der Waals surface area (Å²) < 4.78 is 5.74. The average molecular weight is 388 g/mol. The molecule has 0 saturated carbocycles. The molecule has 148 valence electrons. The molecule has 2 heterocycles. The Morgan fingerprint density at radius 2 is 1.90 bits per heavy atom. The van der Waals surface area contributed by atoms with Crippen LogP contribution in [0.25, 0.3) is 22.5 Å². The van der Waals surface area contributed by atoms with Crippen molar-refractivity contribution in [3.8, 4) is 28.3 Å². The molecule has 1 aromatic heterocycles. The van der Waals surface area contributed by atoms with Crippen molar-refractivity contribution in [2.45, 2.75) is 39.0 Å². The van der Waals surface area contributed by atoms with Crippen molar-refractivity contribution >= 4 is 5.97 Å². The van der Waals surface area contributed by atoms with Crippen molar-refractivity contribution < 1.29 is 14.6 Å². The fourth-order valence-electron chi connectivity index (χ4n) is 3.59. The van der Waals surface area contributed by atoms with Crippen molar-refractivity contribution in [2.24, 2.45) is 0 Å². The van der Waals surface area contributed by atoms with Crippen LogP contribution in [0.15, 0.2) is 48.7 Å². The van der Waals surface area contributed by atoms with Gasteiger partial charge in [-0.15, -0.1) is 0 Å². The number of aryl methyl sites for hydroxylation is 2. The largest absolute Gasteiger partial charge is 0.493 e. The minimum Gasteiger partial charge on any atom is -0.493 e. The lowest BCUT2D eigenvalue weighted by molar-refractivity contribution is 0.0697. The van der Waals surface area contributed by atoms with Gasteiger partial charge in [-0.2, -0.15) is 0 Å². The number of aromatic nitrogens is 2. The van der Waals surface area contributed by atoms with Gasteiger partial charge < -0.3 is 9.84 Å². The van der Waals surface area contributed by atoms with E-state index in [0.717, 1.165) is 72.7 Å². The SMILES string of the molecule is CCCCc1cnc(-c2ccc3c(c2)CCCO3)c(-c2ccc(C(=O)O)cc2)n1. The molecular weight excluding hydrogens is 364 g/mol. The number of rotatable bonds is 6. The Morgan fingerprint density at radius 1 is 1.10 bits per heavy atom. The zero-order chi connectivity index (χ0) is 20.2. The molecule has 0 spiro atoms. The summed E-state index contributed by atoms with van der Waals surface area (Å²) in [5.74, 6) is 0.00845. The van der Waals surface area contributed by atoms with Gasteiger partial charge in [0.1, 0.15) is 5.75 Å². The molecule has 5 heteroatoms. The topological polar surface area (TPSA) is 72.3 Å². The van der Waals surface area contributed by atoms with Gasteiger partial charge in [-0.1, -0.05) is 25.5 Å². The zero-order valence-electron chi connectivity index (χ0n) is 16.5. The highest BCUT2D eigenvalue weighted by Gasteiger charge is 2.16. The lowest BCUT2D eigenvalue weighted by atomic mass is 9.98. The molecule has 0 bridgehead atoms. The number of carboxylic acids is 1. The molecule has 0 saturated heterocycles. The van der Waals surface area contributed by atoms with Crippen LogP contribution in [0.5, 0.6) is 5.75 Å². The Bertz CT molecular complexity index is 1030. The van der Waals surface area contributed by atoms with Crippen LogP contribution in [0.2, 0.25) is 0 Å². The number of carbonyl (C=O) groups is 1. The molecule has 0 aliphatic carbocycles. The van der Waals surface area contributed by atoms with Crippen molar-refractivity contribution in [3.63, 3.8) is 0 Å². The van der Waals surface area contributed by atoms with Gasteiger partial charge in [0, 0.05) is 17.3 Å². The van der Waals surface area contributed by atoms with Gasteiger partial charge in [0.25, 0.3) is 0 Å². The van der Waals surface area contributed by atoms with E-state index < -0.39 is 5.97 Å². The maximum absolute atomic E-state index is 11.2. The number of unbranched alkanes of at least 4 members (excludes halogenated alkanes) is 1. The first kappa shape index (κ1) is 19.1. The molecule has 0 radical (unpaired) electrons. The van der Waals surface area contributed by atoms with Crippen molar-refractivity contribution in [1.82, 2.24) is 9.97 Å². The third kappa shape index (κ3) is 4.14. The van der Waals surface area contributed by atoms with E-state index in [2.05, 4.69) is 13.0 Å². The zero-order valence-corrected chi connectivity index (χ0v) is 16.5. The summed E-state index contributed by atoms with van der Waals surface area (Å²) in [6.07, 6.45) is 6.89. The third-order valence-electron chi connectivity index (χ3n) is 5.20. The Kier molecular flexibility index (Phi) is 5.56. The first-order valence-corrected chi connectivity index (χ1v) is 10.1. The van der Waals surface area contributed by atoms with Gasteiger partial charge >= 0.3 is 5.97 Å². The Hall–Kier alpha value is -3.21. The standard InChI is InChI=1S/C24H24N2O3/c1-2-3-6-20-15-25-22(19-11-12-21-18(14-19)5-4-13-29-21)23(26-20)16-7-9-17(10-8-16)24(27)28/h7-12,14-15H,2-6,13H2,1H3,(H,27,28). The molecule has 2 aromatic carbocycles. The second kappa shape index (κ2) is 8.43. The Balaban J connectivity index is 1.79. The molecular formula is C24H24N2O3. The molecule has 4 rings (SSSR count). The monoisotopic (exact) mass is 388 g/mol. The normalized spacial score (nSPS) is 12.9. The summed E-state index contributed by atoms with van der Waals surface area (Å²) in [6.45, 7) is 2.92. The van der Waals surface area contributed by atoms with Crippen LogP contribution in [0.1, 0.15) is 47.8 Å².